The SMILES string of the molecule is COc1cccc(NC(=O)c2cccc(CN3CCN(S(=O)(=O)c4ccccc4)CC3)c2)c1. The average molecular weight is 466 g/mol. The maximum atomic E-state index is 12.8. The van der Waals surface area contributed by atoms with E-state index in [2.05, 4.69) is 10.2 Å². The van der Waals surface area contributed by atoms with E-state index in [1.165, 1.54) is 4.31 Å². The van der Waals surface area contributed by atoms with Crippen LogP contribution in [0.2, 0.25) is 0 Å². The number of nitrogens with one attached hydrogen (secondary N) is 1. The number of piperazine rings is 1. The van der Waals surface area contributed by atoms with Crippen molar-refractivity contribution in [3.05, 3.63) is 90.0 Å². The molecule has 0 unspecified atom stereocenters. The molecule has 1 N–H and O–H groups in total. The molecule has 7 nitrogen and oxygen atoms in total. The number of hydrogen-bond donors (Lipinski definition) is 1. The van der Waals surface area contributed by atoms with Gasteiger partial charge in [0.15, 0.2) is 0 Å². The zero-order valence-electron chi connectivity index (χ0n) is 18.5. The van der Waals surface area contributed by atoms with Crippen LogP contribution in [0.4, 0.5) is 5.69 Å². The van der Waals surface area contributed by atoms with Gasteiger partial charge < -0.3 is 10.1 Å². The summed E-state index contributed by atoms with van der Waals surface area (Å²) in [5.74, 6) is 0.485. The fourth-order valence-corrected chi connectivity index (χ4v) is 5.29. The fraction of sp³-hybridized carbons (Fsp3) is 0.240. The van der Waals surface area contributed by atoms with Crippen LogP contribution in [0, 0.1) is 0 Å². The van der Waals surface area contributed by atoms with Crippen molar-refractivity contribution in [2.45, 2.75) is 11.4 Å². The van der Waals surface area contributed by atoms with E-state index in [-0.39, 0.29) is 5.91 Å². The Balaban J connectivity index is 1.36. The van der Waals surface area contributed by atoms with Crippen LogP contribution in [0.3, 0.4) is 0 Å². The van der Waals surface area contributed by atoms with Crippen molar-refractivity contribution in [1.82, 2.24) is 9.21 Å². The molecule has 8 heteroatoms. The van der Waals surface area contributed by atoms with Crippen LogP contribution in [0.25, 0.3) is 0 Å². The summed E-state index contributed by atoms with van der Waals surface area (Å²) >= 11 is 0. The van der Waals surface area contributed by atoms with Gasteiger partial charge in [-0.05, 0) is 42.0 Å². The summed E-state index contributed by atoms with van der Waals surface area (Å²) in [5, 5.41) is 2.90. The highest BCUT2D eigenvalue weighted by molar-refractivity contribution is 7.89. The first-order valence-corrected chi connectivity index (χ1v) is 12.2. The highest BCUT2D eigenvalue weighted by atomic mass is 32.2. The fourth-order valence-electron chi connectivity index (χ4n) is 3.84. The van der Waals surface area contributed by atoms with Gasteiger partial charge in [0.05, 0.1) is 12.0 Å². The van der Waals surface area contributed by atoms with Crippen LogP contribution in [0.1, 0.15) is 15.9 Å². The lowest BCUT2D eigenvalue weighted by molar-refractivity contribution is 0.102. The minimum Gasteiger partial charge on any atom is -0.497 e. The number of carbonyl (C=O) groups excluding carboxylic acids is 1. The number of methoxy groups -OCH3 is 1. The Bertz CT molecular complexity index is 1210. The Morgan fingerprint density at radius 3 is 2.36 bits per heavy atom. The molecular weight excluding hydrogens is 438 g/mol. The molecular formula is C25H27N3O4S. The van der Waals surface area contributed by atoms with Gasteiger partial charge in [-0.3, -0.25) is 9.69 Å². The second-order valence-electron chi connectivity index (χ2n) is 7.88. The van der Waals surface area contributed by atoms with Crippen molar-refractivity contribution in [2.75, 3.05) is 38.6 Å². The molecule has 0 saturated carbocycles. The number of nitrogens with zero attached hydrogens (tertiary/aromatic N) is 2. The Labute approximate surface area is 194 Å². The number of anilines is 1. The lowest BCUT2D eigenvalue weighted by Crippen LogP contribution is -2.48. The van der Waals surface area contributed by atoms with Gasteiger partial charge >= 0.3 is 0 Å². The summed E-state index contributed by atoms with van der Waals surface area (Å²) < 4.78 is 32.4. The third-order valence-corrected chi connectivity index (χ3v) is 7.55. The summed E-state index contributed by atoms with van der Waals surface area (Å²) in [6, 6.07) is 23.3. The molecule has 1 amide bonds. The number of amides is 1. The topological polar surface area (TPSA) is 79.0 Å². The summed E-state index contributed by atoms with van der Waals surface area (Å²) in [6.07, 6.45) is 0. The van der Waals surface area contributed by atoms with Crippen molar-refractivity contribution in [3.8, 4) is 5.75 Å². The highest BCUT2D eigenvalue weighted by Gasteiger charge is 2.28. The average Bonchev–Trinajstić information content (AvgIpc) is 2.85. The zero-order chi connectivity index (χ0) is 23.3. The van der Waals surface area contributed by atoms with Crippen molar-refractivity contribution in [2.24, 2.45) is 0 Å². The smallest absolute Gasteiger partial charge is 0.255 e. The predicted octanol–water partition coefficient (Wildman–Crippen LogP) is 3.45. The molecule has 3 aromatic rings. The van der Waals surface area contributed by atoms with Crippen molar-refractivity contribution in [3.63, 3.8) is 0 Å². The minimum atomic E-state index is -3.47. The number of hydrogen-bond acceptors (Lipinski definition) is 5. The van der Waals surface area contributed by atoms with E-state index < -0.39 is 10.0 Å². The van der Waals surface area contributed by atoms with E-state index in [1.54, 1.807) is 43.5 Å². The Hall–Kier alpha value is -3.20. The Morgan fingerprint density at radius 1 is 0.909 bits per heavy atom. The van der Waals surface area contributed by atoms with E-state index in [0.29, 0.717) is 54.6 Å². The second-order valence-corrected chi connectivity index (χ2v) is 9.82. The molecule has 1 fully saturated rings. The van der Waals surface area contributed by atoms with E-state index in [0.717, 1.165) is 5.56 Å². The first-order chi connectivity index (χ1) is 16.0. The van der Waals surface area contributed by atoms with Crippen LogP contribution >= 0.6 is 0 Å². The molecule has 0 spiro atoms. The summed E-state index contributed by atoms with van der Waals surface area (Å²) in [4.78, 5) is 15.2. The third kappa shape index (κ3) is 5.60. The van der Waals surface area contributed by atoms with Gasteiger partial charge in [0.2, 0.25) is 10.0 Å². The Kier molecular flexibility index (Phi) is 7.08. The van der Waals surface area contributed by atoms with Gasteiger partial charge in [-0.2, -0.15) is 4.31 Å². The molecule has 1 heterocycles. The lowest BCUT2D eigenvalue weighted by Gasteiger charge is -2.34. The number of carbonyl (C=O) groups is 1. The molecule has 172 valence electrons. The number of rotatable bonds is 7. The van der Waals surface area contributed by atoms with Gasteiger partial charge in [0.25, 0.3) is 5.91 Å². The van der Waals surface area contributed by atoms with E-state index >= 15 is 0 Å². The molecule has 33 heavy (non-hydrogen) atoms. The normalized spacial score (nSPS) is 15.2. The molecule has 1 aliphatic heterocycles. The lowest BCUT2D eigenvalue weighted by atomic mass is 10.1. The molecule has 0 radical (unpaired) electrons. The molecule has 0 bridgehead atoms. The monoisotopic (exact) mass is 465 g/mol. The second kappa shape index (κ2) is 10.2. The Morgan fingerprint density at radius 2 is 1.64 bits per heavy atom. The van der Waals surface area contributed by atoms with Crippen LogP contribution in [0.5, 0.6) is 5.75 Å². The minimum absolute atomic E-state index is 0.191. The zero-order valence-corrected chi connectivity index (χ0v) is 19.3. The van der Waals surface area contributed by atoms with Crippen molar-refractivity contribution < 1.29 is 17.9 Å². The molecule has 0 aromatic heterocycles. The van der Waals surface area contributed by atoms with Crippen molar-refractivity contribution in [1.29, 1.82) is 0 Å². The van der Waals surface area contributed by atoms with Gasteiger partial charge in [-0.15, -0.1) is 0 Å². The molecule has 1 aliphatic rings. The molecule has 1 saturated heterocycles. The van der Waals surface area contributed by atoms with Gasteiger partial charge in [-0.25, -0.2) is 8.42 Å². The summed E-state index contributed by atoms with van der Waals surface area (Å²) in [7, 11) is -1.88. The van der Waals surface area contributed by atoms with Crippen molar-refractivity contribution >= 4 is 21.6 Å². The first kappa shape index (κ1) is 23.0. The van der Waals surface area contributed by atoms with Gasteiger partial charge in [0, 0.05) is 50.0 Å². The van der Waals surface area contributed by atoms with Crippen LogP contribution < -0.4 is 10.1 Å². The molecule has 3 aromatic carbocycles. The maximum Gasteiger partial charge on any atom is 0.255 e. The third-order valence-electron chi connectivity index (χ3n) is 5.64. The molecule has 0 aliphatic carbocycles. The molecule has 4 rings (SSSR count). The van der Waals surface area contributed by atoms with E-state index in [4.69, 9.17) is 4.74 Å². The number of sulfonamides is 1. The van der Waals surface area contributed by atoms with Crippen LogP contribution in [0.15, 0.2) is 83.8 Å². The van der Waals surface area contributed by atoms with E-state index in [9.17, 15) is 13.2 Å². The summed E-state index contributed by atoms with van der Waals surface area (Å²) in [6.45, 7) is 2.79. The number of ether oxygens (including phenoxy) is 1. The predicted molar refractivity (Wildman–Crippen MR) is 128 cm³/mol. The summed E-state index contributed by atoms with van der Waals surface area (Å²) in [5.41, 5.74) is 2.24. The first-order valence-electron chi connectivity index (χ1n) is 10.8. The van der Waals surface area contributed by atoms with Crippen LogP contribution in [-0.2, 0) is 16.6 Å². The molecule has 0 atom stereocenters. The van der Waals surface area contributed by atoms with Gasteiger partial charge in [0.1, 0.15) is 5.75 Å². The maximum absolute atomic E-state index is 12.8. The largest absolute Gasteiger partial charge is 0.497 e. The van der Waals surface area contributed by atoms with Crippen LogP contribution in [-0.4, -0.2) is 56.8 Å². The number of benzene rings is 3. The van der Waals surface area contributed by atoms with Gasteiger partial charge in [-0.1, -0.05) is 36.4 Å². The van der Waals surface area contributed by atoms with E-state index in [1.807, 2.05) is 42.5 Å². The standard InChI is InChI=1S/C25H27N3O4S/c1-32-23-10-6-9-22(18-23)26-25(29)21-8-5-7-20(17-21)19-27-13-15-28(16-14-27)33(30,31)24-11-3-2-4-12-24/h2-12,17-18H,13-16,19H2,1H3,(H,26,29). The highest BCUT2D eigenvalue weighted by Crippen LogP contribution is 2.20. The quantitative estimate of drug-likeness (QED) is 0.578.